The van der Waals surface area contributed by atoms with E-state index in [0.29, 0.717) is 19.4 Å². The van der Waals surface area contributed by atoms with Crippen LogP contribution >= 0.6 is 11.6 Å². The summed E-state index contributed by atoms with van der Waals surface area (Å²) in [6, 6.07) is 24.8. The van der Waals surface area contributed by atoms with Gasteiger partial charge in [0.1, 0.15) is 18.1 Å². The number of carbonyl (C=O) groups excluding carboxylic acids is 1. The molecule has 41 heavy (non-hydrogen) atoms. The highest BCUT2D eigenvalue weighted by Crippen LogP contribution is 2.39. The number of amides is 1. The van der Waals surface area contributed by atoms with Crippen LogP contribution in [0.5, 0.6) is 11.5 Å². The van der Waals surface area contributed by atoms with E-state index < -0.39 is 0 Å². The largest absolute Gasteiger partial charge is 0.497 e. The van der Waals surface area contributed by atoms with Crippen LogP contribution in [0, 0.1) is 5.41 Å². The Bertz CT molecular complexity index is 1270. The van der Waals surface area contributed by atoms with Crippen LogP contribution in [0.4, 0.5) is 0 Å². The summed E-state index contributed by atoms with van der Waals surface area (Å²) in [6.45, 7) is 5.08. The van der Waals surface area contributed by atoms with Crippen LogP contribution in [0.1, 0.15) is 55.2 Å². The van der Waals surface area contributed by atoms with Crippen LogP contribution in [-0.4, -0.2) is 55.6 Å². The molecule has 1 fully saturated rings. The van der Waals surface area contributed by atoms with Gasteiger partial charge in [-0.2, -0.15) is 0 Å². The fraction of sp³-hybridized carbons (Fsp3) is 0.457. The van der Waals surface area contributed by atoms with Gasteiger partial charge in [0.15, 0.2) is 0 Å². The van der Waals surface area contributed by atoms with Crippen LogP contribution in [-0.2, 0) is 24.2 Å². The summed E-state index contributed by atoms with van der Waals surface area (Å²) in [7, 11) is 1.71. The Labute approximate surface area is 250 Å². The number of fused-ring (bicyclic) bond motifs is 1. The van der Waals surface area contributed by atoms with Gasteiger partial charge in [0.2, 0.25) is 5.91 Å². The number of nitrogens with zero attached hydrogens (tertiary/aromatic N) is 2. The molecule has 5 rings (SSSR count). The summed E-state index contributed by atoms with van der Waals surface area (Å²) in [5, 5.41) is 0.745. The van der Waals surface area contributed by atoms with Gasteiger partial charge in [0, 0.05) is 44.2 Å². The van der Waals surface area contributed by atoms with Crippen LogP contribution < -0.4 is 9.47 Å². The minimum atomic E-state index is 0.199. The number of para-hydroxylation sites is 1. The average Bonchev–Trinajstić information content (AvgIpc) is 2.99. The molecule has 0 atom stereocenters. The van der Waals surface area contributed by atoms with E-state index in [0.717, 1.165) is 80.5 Å². The molecule has 3 aromatic carbocycles. The van der Waals surface area contributed by atoms with E-state index in [1.54, 1.807) is 7.11 Å². The first-order valence-corrected chi connectivity index (χ1v) is 15.5. The summed E-state index contributed by atoms with van der Waals surface area (Å²) in [5.74, 6) is 2.15. The summed E-state index contributed by atoms with van der Waals surface area (Å²) in [5.41, 5.74) is 3.83. The third-order valence-corrected chi connectivity index (χ3v) is 9.28. The Morgan fingerprint density at radius 3 is 2.46 bits per heavy atom. The fourth-order valence-electron chi connectivity index (χ4n) is 6.45. The van der Waals surface area contributed by atoms with E-state index in [1.165, 1.54) is 24.0 Å². The highest BCUT2D eigenvalue weighted by molar-refractivity contribution is 6.31. The van der Waals surface area contributed by atoms with Gasteiger partial charge >= 0.3 is 0 Å². The number of rotatable bonds is 6. The monoisotopic (exact) mass is 574 g/mol. The van der Waals surface area contributed by atoms with Crippen molar-refractivity contribution < 1.29 is 14.3 Å². The SMILES string of the molecule is COc1ccc(CN2CCOc3ccccc3CCCCC3(CCN(C(=O)CCc4ccccc4Cl)CC3)C2)cc1. The smallest absolute Gasteiger partial charge is 0.222 e. The molecule has 0 bridgehead atoms. The molecule has 0 unspecified atom stereocenters. The van der Waals surface area contributed by atoms with Crippen molar-refractivity contribution in [3.63, 3.8) is 0 Å². The molecule has 1 saturated heterocycles. The highest BCUT2D eigenvalue weighted by Gasteiger charge is 2.37. The Hall–Kier alpha value is -3.02. The van der Waals surface area contributed by atoms with Crippen LogP contribution in [0.2, 0.25) is 5.02 Å². The van der Waals surface area contributed by atoms with E-state index in [1.807, 2.05) is 36.4 Å². The quantitative estimate of drug-likeness (QED) is 0.312. The Morgan fingerprint density at radius 1 is 0.927 bits per heavy atom. The molecule has 6 heteroatoms. The lowest BCUT2D eigenvalue weighted by atomic mass is 9.73. The van der Waals surface area contributed by atoms with Crippen molar-refractivity contribution in [2.75, 3.05) is 39.9 Å². The zero-order valence-electron chi connectivity index (χ0n) is 24.3. The van der Waals surface area contributed by atoms with Gasteiger partial charge in [0.05, 0.1) is 7.11 Å². The number of likely N-dealkylation sites (tertiary alicyclic amines) is 1. The topological polar surface area (TPSA) is 42.0 Å². The van der Waals surface area contributed by atoms with E-state index >= 15 is 0 Å². The molecule has 1 amide bonds. The minimum Gasteiger partial charge on any atom is -0.497 e. The van der Waals surface area contributed by atoms with E-state index in [2.05, 4.69) is 46.2 Å². The maximum atomic E-state index is 13.2. The highest BCUT2D eigenvalue weighted by atomic mass is 35.5. The lowest BCUT2D eigenvalue weighted by Crippen LogP contribution is -2.48. The zero-order valence-corrected chi connectivity index (χ0v) is 25.1. The zero-order chi connectivity index (χ0) is 28.5. The molecule has 0 saturated carbocycles. The van der Waals surface area contributed by atoms with Crippen molar-refractivity contribution in [2.24, 2.45) is 5.41 Å². The van der Waals surface area contributed by atoms with Crippen molar-refractivity contribution in [3.8, 4) is 11.5 Å². The number of piperidine rings is 1. The third-order valence-electron chi connectivity index (χ3n) is 8.91. The molecule has 2 heterocycles. The Balaban J connectivity index is 1.27. The second kappa shape index (κ2) is 14.2. The Kier molecular flexibility index (Phi) is 10.2. The van der Waals surface area contributed by atoms with Crippen molar-refractivity contribution in [2.45, 2.75) is 57.9 Å². The van der Waals surface area contributed by atoms with Crippen LogP contribution in [0.25, 0.3) is 0 Å². The lowest BCUT2D eigenvalue weighted by Gasteiger charge is -2.45. The van der Waals surface area contributed by atoms with Crippen LogP contribution in [0.3, 0.4) is 0 Å². The second-order valence-electron chi connectivity index (χ2n) is 11.7. The first-order valence-electron chi connectivity index (χ1n) is 15.1. The summed E-state index contributed by atoms with van der Waals surface area (Å²) in [4.78, 5) is 17.8. The maximum absolute atomic E-state index is 13.2. The standard InChI is InChI=1S/C35H43ClN2O3/c1-40-31-16-13-28(14-17-31)26-37-24-25-41-33-12-5-3-9-30(33)10-6-7-19-35(27-37)20-22-38(23-21-35)34(39)18-15-29-8-2-4-11-32(29)36/h2-5,8-9,11-14,16-17H,6-7,10,15,18-27H2,1H3. The van der Waals surface area contributed by atoms with Gasteiger partial charge in [-0.3, -0.25) is 9.69 Å². The minimum absolute atomic E-state index is 0.199. The predicted octanol–water partition coefficient (Wildman–Crippen LogP) is 7.20. The number of ether oxygens (including phenoxy) is 2. The molecular formula is C35H43ClN2O3. The normalized spacial score (nSPS) is 18.0. The van der Waals surface area contributed by atoms with Gasteiger partial charge in [-0.05, 0) is 84.9 Å². The van der Waals surface area contributed by atoms with E-state index in [-0.39, 0.29) is 11.3 Å². The molecule has 3 aromatic rings. The summed E-state index contributed by atoms with van der Waals surface area (Å²) >= 11 is 6.34. The molecule has 2 aliphatic heterocycles. The molecule has 0 aromatic heterocycles. The molecular weight excluding hydrogens is 532 g/mol. The van der Waals surface area contributed by atoms with Gasteiger partial charge in [-0.25, -0.2) is 0 Å². The Morgan fingerprint density at radius 2 is 1.68 bits per heavy atom. The second-order valence-corrected chi connectivity index (χ2v) is 12.1. The van der Waals surface area contributed by atoms with Gasteiger partial charge in [-0.1, -0.05) is 66.6 Å². The summed E-state index contributed by atoms with van der Waals surface area (Å²) < 4.78 is 11.7. The first-order chi connectivity index (χ1) is 20.0. The van der Waals surface area contributed by atoms with Gasteiger partial charge in [-0.15, -0.1) is 0 Å². The van der Waals surface area contributed by atoms with Crippen LogP contribution in [0.15, 0.2) is 72.8 Å². The molecule has 5 nitrogen and oxygen atoms in total. The third kappa shape index (κ3) is 8.05. The van der Waals surface area contributed by atoms with E-state index in [4.69, 9.17) is 21.1 Å². The molecule has 0 N–H and O–H groups in total. The number of benzene rings is 3. The average molecular weight is 575 g/mol. The molecule has 0 aliphatic carbocycles. The predicted molar refractivity (Wildman–Crippen MR) is 166 cm³/mol. The number of halogens is 1. The number of carbonyl (C=O) groups is 1. The molecule has 0 radical (unpaired) electrons. The fourth-order valence-corrected chi connectivity index (χ4v) is 6.68. The van der Waals surface area contributed by atoms with Crippen molar-refractivity contribution in [1.29, 1.82) is 0 Å². The van der Waals surface area contributed by atoms with Crippen molar-refractivity contribution in [3.05, 3.63) is 94.5 Å². The number of aryl methyl sites for hydroxylation is 2. The number of hydrogen-bond acceptors (Lipinski definition) is 4. The first kappa shape index (κ1) is 29.5. The summed E-state index contributed by atoms with van der Waals surface area (Å²) in [6.07, 6.45) is 7.87. The van der Waals surface area contributed by atoms with Gasteiger partial charge in [0.25, 0.3) is 0 Å². The van der Waals surface area contributed by atoms with Crippen molar-refractivity contribution in [1.82, 2.24) is 9.80 Å². The number of methoxy groups -OCH3 is 1. The van der Waals surface area contributed by atoms with Gasteiger partial charge < -0.3 is 14.4 Å². The maximum Gasteiger partial charge on any atom is 0.222 e. The number of hydrogen-bond donors (Lipinski definition) is 0. The van der Waals surface area contributed by atoms with Crippen molar-refractivity contribution >= 4 is 17.5 Å². The van der Waals surface area contributed by atoms with E-state index in [9.17, 15) is 4.79 Å². The molecule has 1 spiro atoms. The lowest BCUT2D eigenvalue weighted by molar-refractivity contribution is -0.133. The molecule has 218 valence electrons. The molecule has 2 aliphatic rings.